The highest BCUT2D eigenvalue weighted by Gasteiger charge is 2.32. The highest BCUT2D eigenvalue weighted by Crippen LogP contribution is 2.23. The second kappa shape index (κ2) is 4.89. The molecule has 1 unspecified atom stereocenters. The van der Waals surface area contributed by atoms with Gasteiger partial charge in [0.15, 0.2) is 11.2 Å². The maximum atomic E-state index is 12.1. The zero-order valence-corrected chi connectivity index (χ0v) is 11.3. The summed E-state index contributed by atoms with van der Waals surface area (Å²) >= 11 is 0. The monoisotopic (exact) mass is 299 g/mol. The minimum atomic E-state index is -3.99. The predicted octanol–water partition coefficient (Wildman–Crippen LogP) is 0.547. The molecule has 0 bridgehead atoms. The van der Waals surface area contributed by atoms with Crippen LogP contribution in [0.4, 0.5) is 0 Å². The number of carboxylic acid groups (broad SMARTS) is 1. The van der Waals surface area contributed by atoms with Gasteiger partial charge in [-0.25, -0.2) is 17.9 Å². The topological polar surface area (TPSA) is 117 Å². The summed E-state index contributed by atoms with van der Waals surface area (Å²) in [5, 5.41) is 18.9. The van der Waals surface area contributed by atoms with E-state index in [1.165, 1.54) is 12.3 Å². The van der Waals surface area contributed by atoms with E-state index in [2.05, 4.69) is 4.72 Å². The zero-order valence-electron chi connectivity index (χ0n) is 10.5. The Morgan fingerprint density at radius 1 is 1.40 bits per heavy atom. The number of nitrogens with one attached hydrogen (secondary N) is 1. The van der Waals surface area contributed by atoms with Crippen molar-refractivity contribution in [3.8, 4) is 0 Å². The highest BCUT2D eigenvalue weighted by molar-refractivity contribution is 7.89. The van der Waals surface area contributed by atoms with Crippen molar-refractivity contribution in [2.45, 2.75) is 17.4 Å². The van der Waals surface area contributed by atoms with E-state index in [1.807, 2.05) is 0 Å². The summed E-state index contributed by atoms with van der Waals surface area (Å²) in [5.41, 5.74) is -2.01. The summed E-state index contributed by atoms with van der Waals surface area (Å²) in [7, 11) is -3.99. The third kappa shape index (κ3) is 2.67. The van der Waals surface area contributed by atoms with Crippen molar-refractivity contribution in [1.29, 1.82) is 0 Å². The minimum absolute atomic E-state index is 0.110. The van der Waals surface area contributed by atoms with Gasteiger partial charge in [0.2, 0.25) is 10.0 Å². The molecule has 1 atom stereocenters. The molecule has 2 rings (SSSR count). The van der Waals surface area contributed by atoms with Gasteiger partial charge in [0, 0.05) is 5.39 Å². The van der Waals surface area contributed by atoms with Crippen LogP contribution in [0, 0.1) is 0 Å². The maximum Gasteiger partial charge on any atom is 0.336 e. The number of para-hydroxylation sites is 1. The van der Waals surface area contributed by atoms with Crippen LogP contribution in [-0.2, 0) is 14.8 Å². The van der Waals surface area contributed by atoms with E-state index < -0.39 is 28.1 Å². The molecule has 0 amide bonds. The number of aliphatic hydroxyl groups is 1. The molecule has 0 saturated heterocycles. The van der Waals surface area contributed by atoms with Crippen LogP contribution in [0.15, 0.2) is 39.8 Å². The van der Waals surface area contributed by atoms with E-state index in [9.17, 15) is 18.3 Å². The summed E-state index contributed by atoms with van der Waals surface area (Å²) in [6, 6.07) is 6.18. The molecule has 0 aliphatic heterocycles. The van der Waals surface area contributed by atoms with Crippen LogP contribution >= 0.6 is 0 Å². The van der Waals surface area contributed by atoms with E-state index in [0.29, 0.717) is 5.39 Å². The molecule has 20 heavy (non-hydrogen) atoms. The number of carbonyl (C=O) groups is 1. The Balaban J connectivity index is 2.32. The van der Waals surface area contributed by atoms with E-state index in [1.54, 1.807) is 18.2 Å². The summed E-state index contributed by atoms with van der Waals surface area (Å²) < 4.78 is 31.5. The molecule has 0 fully saturated rings. The lowest BCUT2D eigenvalue weighted by molar-refractivity contribution is -0.155. The number of hydrogen-bond acceptors (Lipinski definition) is 5. The first-order valence-corrected chi connectivity index (χ1v) is 7.14. The first-order chi connectivity index (χ1) is 9.24. The van der Waals surface area contributed by atoms with E-state index in [-0.39, 0.29) is 10.5 Å². The fourth-order valence-corrected chi connectivity index (χ4v) is 2.86. The highest BCUT2D eigenvalue weighted by atomic mass is 32.2. The van der Waals surface area contributed by atoms with Crippen LogP contribution in [0.25, 0.3) is 11.0 Å². The molecule has 1 heterocycles. The zero-order chi connectivity index (χ0) is 15.0. The lowest BCUT2D eigenvalue weighted by Crippen LogP contribution is -2.46. The molecule has 0 radical (unpaired) electrons. The van der Waals surface area contributed by atoms with Gasteiger partial charge in [0.25, 0.3) is 0 Å². The van der Waals surface area contributed by atoms with Gasteiger partial charge in [0.1, 0.15) is 4.90 Å². The first kappa shape index (κ1) is 14.5. The fraction of sp³-hybridized carbons (Fsp3) is 0.250. The van der Waals surface area contributed by atoms with Crippen LogP contribution in [0.3, 0.4) is 0 Å². The molecular weight excluding hydrogens is 286 g/mol. The average Bonchev–Trinajstić information content (AvgIpc) is 2.84. The quantitative estimate of drug-likeness (QED) is 0.742. The molecule has 1 aromatic heterocycles. The number of rotatable bonds is 5. The smallest absolute Gasteiger partial charge is 0.336 e. The SMILES string of the molecule is CC(O)(CNS(=O)(=O)c1cccc2ccoc12)C(=O)O. The van der Waals surface area contributed by atoms with Gasteiger partial charge >= 0.3 is 5.97 Å². The summed E-state index contributed by atoms with van der Waals surface area (Å²) in [6.45, 7) is 0.354. The Bertz CT molecular complexity index is 746. The second-order valence-electron chi connectivity index (χ2n) is 4.50. The number of fused-ring (bicyclic) bond motifs is 1. The molecule has 7 nitrogen and oxygen atoms in total. The van der Waals surface area contributed by atoms with Gasteiger partial charge in [-0.15, -0.1) is 0 Å². The van der Waals surface area contributed by atoms with Gasteiger partial charge < -0.3 is 14.6 Å². The number of sulfonamides is 1. The first-order valence-electron chi connectivity index (χ1n) is 5.66. The Labute approximate surface area is 114 Å². The third-order valence-electron chi connectivity index (χ3n) is 2.80. The molecule has 3 N–H and O–H groups in total. The van der Waals surface area contributed by atoms with E-state index in [0.717, 1.165) is 6.92 Å². The van der Waals surface area contributed by atoms with Crippen LogP contribution in [-0.4, -0.2) is 36.7 Å². The molecule has 1 aromatic carbocycles. The van der Waals surface area contributed by atoms with Crippen LogP contribution in [0.1, 0.15) is 6.92 Å². The Morgan fingerprint density at radius 2 is 2.10 bits per heavy atom. The van der Waals surface area contributed by atoms with Gasteiger partial charge in [-0.05, 0) is 19.1 Å². The van der Waals surface area contributed by atoms with Gasteiger partial charge in [-0.1, -0.05) is 12.1 Å². The maximum absolute atomic E-state index is 12.1. The molecule has 0 aliphatic carbocycles. The van der Waals surface area contributed by atoms with E-state index >= 15 is 0 Å². The van der Waals surface area contributed by atoms with Gasteiger partial charge in [-0.2, -0.15) is 0 Å². The van der Waals surface area contributed by atoms with Crippen molar-refractivity contribution in [2.75, 3.05) is 6.54 Å². The third-order valence-corrected chi connectivity index (χ3v) is 4.22. The van der Waals surface area contributed by atoms with Gasteiger partial charge in [0.05, 0.1) is 12.8 Å². The Kier molecular flexibility index (Phi) is 3.55. The van der Waals surface area contributed by atoms with Crippen LogP contribution in [0.5, 0.6) is 0 Å². The molecule has 8 heteroatoms. The second-order valence-corrected chi connectivity index (χ2v) is 6.23. The summed E-state index contributed by atoms with van der Waals surface area (Å²) in [5.74, 6) is -1.52. The van der Waals surface area contributed by atoms with Crippen molar-refractivity contribution in [3.63, 3.8) is 0 Å². The number of benzene rings is 1. The van der Waals surface area contributed by atoms with Crippen molar-refractivity contribution in [1.82, 2.24) is 4.72 Å². The van der Waals surface area contributed by atoms with Crippen LogP contribution in [0.2, 0.25) is 0 Å². The number of hydrogen-bond donors (Lipinski definition) is 3. The summed E-state index contributed by atoms with van der Waals surface area (Å²) in [4.78, 5) is 10.6. The molecule has 108 valence electrons. The minimum Gasteiger partial charge on any atom is -0.479 e. The Hall–Kier alpha value is -1.90. The normalized spacial score (nSPS) is 15.1. The predicted molar refractivity (Wildman–Crippen MR) is 69.7 cm³/mol. The number of furan rings is 1. The molecular formula is C12H13NO6S. The van der Waals surface area contributed by atoms with E-state index in [4.69, 9.17) is 9.52 Å². The fourth-order valence-electron chi connectivity index (χ4n) is 1.57. The molecule has 0 aliphatic rings. The average molecular weight is 299 g/mol. The number of carboxylic acids is 1. The number of aliphatic carboxylic acids is 1. The van der Waals surface area contributed by atoms with Crippen molar-refractivity contribution in [2.24, 2.45) is 0 Å². The Morgan fingerprint density at radius 3 is 2.75 bits per heavy atom. The van der Waals surface area contributed by atoms with Crippen molar-refractivity contribution in [3.05, 3.63) is 30.5 Å². The lowest BCUT2D eigenvalue weighted by Gasteiger charge is -2.18. The van der Waals surface area contributed by atoms with Crippen LogP contribution < -0.4 is 4.72 Å². The van der Waals surface area contributed by atoms with Crippen molar-refractivity contribution < 1.29 is 27.8 Å². The lowest BCUT2D eigenvalue weighted by atomic mass is 10.1. The molecule has 2 aromatic rings. The van der Waals surface area contributed by atoms with Gasteiger partial charge in [-0.3, -0.25) is 0 Å². The molecule has 0 saturated carbocycles. The standard InChI is InChI=1S/C12H13NO6S/c1-12(16,11(14)15)7-13-20(17,18)9-4-2-3-8-5-6-19-10(8)9/h2-6,13,16H,7H2,1H3,(H,14,15). The molecule has 0 spiro atoms. The largest absolute Gasteiger partial charge is 0.479 e. The van der Waals surface area contributed by atoms with Crippen molar-refractivity contribution >= 4 is 27.0 Å². The summed E-state index contributed by atoms with van der Waals surface area (Å²) in [6.07, 6.45) is 1.36.